The van der Waals surface area contributed by atoms with Gasteiger partial charge in [0.2, 0.25) is 5.82 Å². The predicted octanol–water partition coefficient (Wildman–Crippen LogP) is 1.25. The Bertz CT molecular complexity index is 728. The van der Waals surface area contributed by atoms with Gasteiger partial charge in [-0.25, -0.2) is 19.7 Å². The lowest BCUT2D eigenvalue weighted by molar-refractivity contribution is 0.0587. The number of carbonyl (C=O) groups is 1. The van der Waals surface area contributed by atoms with Crippen LogP contribution in [-0.2, 0) is 4.74 Å². The summed E-state index contributed by atoms with van der Waals surface area (Å²) >= 11 is 0. The summed E-state index contributed by atoms with van der Waals surface area (Å²) in [5.41, 5.74) is 1.06. The molecule has 0 unspecified atom stereocenters. The zero-order valence-electron chi connectivity index (χ0n) is 11.5. The van der Waals surface area contributed by atoms with Crippen LogP contribution in [0.3, 0.4) is 0 Å². The molecular weight excluding hydrogens is 272 g/mol. The van der Waals surface area contributed by atoms with Crippen molar-refractivity contribution in [2.45, 2.75) is 19.3 Å². The van der Waals surface area contributed by atoms with E-state index in [1.165, 1.54) is 13.4 Å². The number of esters is 1. The fourth-order valence-electron chi connectivity index (χ4n) is 2.18. The van der Waals surface area contributed by atoms with Crippen molar-refractivity contribution in [3.05, 3.63) is 12.2 Å². The lowest BCUT2D eigenvalue weighted by Crippen LogP contribution is -2.17. The zero-order chi connectivity index (χ0) is 14.9. The number of hydrogen-bond donors (Lipinski definition) is 2. The Kier molecular flexibility index (Phi) is 3.17. The van der Waals surface area contributed by atoms with Gasteiger partial charge in [-0.15, -0.1) is 0 Å². The third kappa shape index (κ3) is 2.50. The maximum Gasteiger partial charge on any atom is 0.376 e. The number of aromatic amines is 1. The Labute approximate surface area is 120 Å². The Morgan fingerprint density at radius 3 is 3.05 bits per heavy atom. The number of rotatable bonds is 5. The van der Waals surface area contributed by atoms with Gasteiger partial charge in [0, 0.05) is 18.4 Å². The average Bonchev–Trinajstić information content (AvgIpc) is 3.09. The highest BCUT2D eigenvalue weighted by molar-refractivity contribution is 5.90. The molecule has 8 heteroatoms. The minimum Gasteiger partial charge on any atom is -0.463 e. The van der Waals surface area contributed by atoms with Crippen LogP contribution < -0.4 is 5.32 Å². The van der Waals surface area contributed by atoms with Crippen molar-refractivity contribution in [2.24, 2.45) is 5.41 Å². The van der Waals surface area contributed by atoms with Gasteiger partial charge in [-0.1, -0.05) is 0 Å². The summed E-state index contributed by atoms with van der Waals surface area (Å²) in [6.07, 6.45) is 4.05. The number of nitrogens with zero attached hydrogens (tertiary/aromatic N) is 4. The third-order valence-electron chi connectivity index (χ3n) is 3.70. The molecule has 2 N–H and O–H groups in total. The first-order chi connectivity index (χ1) is 10.2. The van der Waals surface area contributed by atoms with Gasteiger partial charge < -0.3 is 15.0 Å². The number of methoxy groups -OCH3 is 1. The molecule has 3 rings (SSSR count). The van der Waals surface area contributed by atoms with Crippen LogP contribution in [0, 0.1) is 16.7 Å². The topological polar surface area (TPSA) is 117 Å². The average molecular weight is 286 g/mol. The molecule has 2 heterocycles. The van der Waals surface area contributed by atoms with Crippen molar-refractivity contribution in [1.82, 2.24) is 19.9 Å². The smallest absolute Gasteiger partial charge is 0.376 e. The number of nitrogens with one attached hydrogen (secondary N) is 2. The molecule has 1 aliphatic carbocycles. The molecule has 108 valence electrons. The quantitative estimate of drug-likeness (QED) is 0.794. The van der Waals surface area contributed by atoms with E-state index in [-0.39, 0.29) is 11.2 Å². The number of anilines is 1. The fraction of sp³-hybridized carbons (Fsp3) is 0.462. The lowest BCUT2D eigenvalue weighted by atomic mass is 10.0. The summed E-state index contributed by atoms with van der Waals surface area (Å²) in [7, 11) is 1.28. The van der Waals surface area contributed by atoms with Crippen LogP contribution in [0.1, 0.15) is 29.9 Å². The molecule has 1 fully saturated rings. The molecule has 0 spiro atoms. The number of H-pyrrole nitrogens is 1. The Morgan fingerprint density at radius 2 is 2.38 bits per heavy atom. The minimum absolute atomic E-state index is 0.0253. The van der Waals surface area contributed by atoms with Crippen molar-refractivity contribution in [3.8, 4) is 6.07 Å². The SMILES string of the molecule is COC(=O)c1nc(NCC2(CC#N)CC2)c2[nH]cnc2n1. The third-order valence-corrected chi connectivity index (χ3v) is 3.70. The number of imidazole rings is 1. The normalized spacial score (nSPS) is 15.4. The van der Waals surface area contributed by atoms with Gasteiger partial charge in [0.25, 0.3) is 0 Å². The van der Waals surface area contributed by atoms with E-state index in [0.29, 0.717) is 29.9 Å². The second kappa shape index (κ2) is 5.01. The first-order valence-electron chi connectivity index (χ1n) is 6.58. The number of hydrogen-bond acceptors (Lipinski definition) is 7. The van der Waals surface area contributed by atoms with Crippen LogP contribution in [0.5, 0.6) is 0 Å². The van der Waals surface area contributed by atoms with E-state index in [1.807, 2.05) is 0 Å². The molecule has 0 amide bonds. The van der Waals surface area contributed by atoms with E-state index in [4.69, 9.17) is 5.26 Å². The highest BCUT2D eigenvalue weighted by atomic mass is 16.5. The molecule has 2 aromatic rings. The van der Waals surface area contributed by atoms with Crippen LogP contribution in [0.25, 0.3) is 11.2 Å². The maximum atomic E-state index is 11.6. The molecule has 21 heavy (non-hydrogen) atoms. The Morgan fingerprint density at radius 1 is 1.57 bits per heavy atom. The largest absolute Gasteiger partial charge is 0.463 e. The summed E-state index contributed by atoms with van der Waals surface area (Å²) in [6.45, 7) is 0.631. The number of aromatic nitrogens is 4. The fourth-order valence-corrected chi connectivity index (χ4v) is 2.18. The zero-order valence-corrected chi connectivity index (χ0v) is 11.5. The Balaban J connectivity index is 1.88. The Hall–Kier alpha value is -2.69. The van der Waals surface area contributed by atoms with Crippen molar-refractivity contribution in [2.75, 3.05) is 19.0 Å². The minimum atomic E-state index is -0.610. The van der Waals surface area contributed by atoms with Crippen molar-refractivity contribution in [3.63, 3.8) is 0 Å². The summed E-state index contributed by atoms with van der Waals surface area (Å²) < 4.78 is 4.64. The predicted molar refractivity (Wildman–Crippen MR) is 73.4 cm³/mol. The summed E-state index contributed by atoms with van der Waals surface area (Å²) in [6, 6.07) is 2.21. The number of carbonyl (C=O) groups excluding carboxylic acids is 1. The van der Waals surface area contributed by atoms with Crippen LogP contribution in [0.4, 0.5) is 5.82 Å². The van der Waals surface area contributed by atoms with Gasteiger partial charge in [0.1, 0.15) is 5.52 Å². The molecule has 0 radical (unpaired) electrons. The lowest BCUT2D eigenvalue weighted by Gasteiger charge is -2.13. The van der Waals surface area contributed by atoms with Gasteiger partial charge in [-0.05, 0) is 12.8 Å². The maximum absolute atomic E-state index is 11.6. The molecule has 1 aliphatic rings. The van der Waals surface area contributed by atoms with Crippen molar-refractivity contribution < 1.29 is 9.53 Å². The number of fused-ring (bicyclic) bond motifs is 1. The molecule has 0 atom stereocenters. The van der Waals surface area contributed by atoms with Gasteiger partial charge >= 0.3 is 5.97 Å². The van der Waals surface area contributed by atoms with Gasteiger partial charge in [-0.2, -0.15) is 5.26 Å². The highest BCUT2D eigenvalue weighted by Crippen LogP contribution is 2.48. The molecule has 2 aromatic heterocycles. The van der Waals surface area contributed by atoms with Crippen molar-refractivity contribution in [1.29, 1.82) is 5.26 Å². The number of nitriles is 1. The van der Waals surface area contributed by atoms with Gasteiger partial charge in [-0.3, -0.25) is 0 Å². The first kappa shape index (κ1) is 13.3. The van der Waals surface area contributed by atoms with E-state index in [9.17, 15) is 4.79 Å². The standard InChI is InChI=1S/C13H14N6O2/c1-21-12(20)11-18-9(8-10(19-11)17-7-16-8)15-6-13(2-3-13)4-5-14/h7H,2-4,6H2,1H3,(H2,15,16,17,18,19). The molecule has 8 nitrogen and oxygen atoms in total. The van der Waals surface area contributed by atoms with Crippen LogP contribution in [0.2, 0.25) is 0 Å². The second-order valence-corrected chi connectivity index (χ2v) is 5.18. The van der Waals surface area contributed by atoms with Crippen LogP contribution >= 0.6 is 0 Å². The molecule has 1 saturated carbocycles. The van der Waals surface area contributed by atoms with Gasteiger partial charge in [0.05, 0.1) is 19.5 Å². The van der Waals surface area contributed by atoms with Crippen molar-refractivity contribution >= 4 is 23.0 Å². The second-order valence-electron chi connectivity index (χ2n) is 5.18. The summed E-state index contributed by atoms with van der Waals surface area (Å²) in [4.78, 5) is 26.8. The first-order valence-corrected chi connectivity index (χ1v) is 6.58. The van der Waals surface area contributed by atoms with E-state index in [1.54, 1.807) is 0 Å². The highest BCUT2D eigenvalue weighted by Gasteiger charge is 2.42. The molecule has 0 aromatic carbocycles. The van der Waals surface area contributed by atoms with Crippen LogP contribution in [0.15, 0.2) is 6.33 Å². The number of ether oxygens (including phenoxy) is 1. The monoisotopic (exact) mass is 286 g/mol. The van der Waals surface area contributed by atoms with Crippen LogP contribution in [-0.4, -0.2) is 39.6 Å². The molecule has 0 aliphatic heterocycles. The van der Waals surface area contributed by atoms with E-state index < -0.39 is 5.97 Å². The van der Waals surface area contributed by atoms with E-state index in [0.717, 1.165) is 12.8 Å². The molecular formula is C13H14N6O2. The molecule has 0 bridgehead atoms. The van der Waals surface area contributed by atoms with Gasteiger partial charge in [0.15, 0.2) is 11.5 Å². The summed E-state index contributed by atoms with van der Waals surface area (Å²) in [5.74, 6) is -0.145. The van der Waals surface area contributed by atoms with E-state index in [2.05, 4.69) is 36.1 Å². The van der Waals surface area contributed by atoms with E-state index >= 15 is 0 Å². The summed E-state index contributed by atoms with van der Waals surface area (Å²) in [5, 5.41) is 12.0. The molecule has 0 saturated heterocycles.